The van der Waals surface area contributed by atoms with Crippen molar-refractivity contribution in [2.75, 3.05) is 11.9 Å². The number of carbonyl (C=O) groups is 2. The van der Waals surface area contributed by atoms with Crippen molar-refractivity contribution in [1.29, 1.82) is 0 Å². The summed E-state index contributed by atoms with van der Waals surface area (Å²) < 4.78 is 4.87. The first kappa shape index (κ1) is 15.2. The Labute approximate surface area is 114 Å². The molecule has 0 bridgehead atoms. The number of hydrogen-bond donors (Lipinski definition) is 1. The second-order valence-electron chi connectivity index (χ2n) is 4.35. The number of carbonyl (C=O) groups excluding carboxylic acids is 2. The smallest absolute Gasteiger partial charge is 0.397 e. The molecule has 1 N–H and O–H groups in total. The molecule has 0 saturated heterocycles. The number of amides is 1. The molecule has 0 aliphatic carbocycles. The lowest BCUT2D eigenvalue weighted by atomic mass is 10.1. The van der Waals surface area contributed by atoms with E-state index >= 15 is 0 Å². The van der Waals surface area contributed by atoms with E-state index in [4.69, 9.17) is 4.74 Å². The van der Waals surface area contributed by atoms with Gasteiger partial charge < -0.3 is 10.1 Å². The lowest BCUT2D eigenvalue weighted by molar-refractivity contribution is -0.152. The summed E-state index contributed by atoms with van der Waals surface area (Å²) in [5.74, 6) is -1.54. The maximum absolute atomic E-state index is 11.5. The van der Waals surface area contributed by atoms with Gasteiger partial charge in [0.15, 0.2) is 0 Å². The topological polar surface area (TPSA) is 55.4 Å². The molecular weight excluding hydrogens is 242 g/mol. The van der Waals surface area contributed by atoms with Gasteiger partial charge in [0, 0.05) is 5.69 Å². The van der Waals surface area contributed by atoms with Crippen molar-refractivity contribution in [2.45, 2.75) is 39.5 Å². The van der Waals surface area contributed by atoms with Crippen molar-refractivity contribution in [2.24, 2.45) is 0 Å². The Morgan fingerprint density at radius 2 is 1.79 bits per heavy atom. The molecule has 1 rings (SSSR count). The minimum Gasteiger partial charge on any atom is -0.459 e. The Balaban J connectivity index is 2.38. The number of rotatable bonds is 6. The molecule has 0 aromatic heterocycles. The van der Waals surface area contributed by atoms with Gasteiger partial charge >= 0.3 is 11.9 Å². The highest BCUT2D eigenvalue weighted by Gasteiger charge is 2.14. The molecule has 0 radical (unpaired) electrons. The van der Waals surface area contributed by atoms with Crippen molar-refractivity contribution < 1.29 is 14.3 Å². The fourth-order valence-corrected chi connectivity index (χ4v) is 1.59. The molecule has 0 fully saturated rings. The summed E-state index contributed by atoms with van der Waals surface area (Å²) >= 11 is 0. The third kappa shape index (κ3) is 5.55. The van der Waals surface area contributed by atoms with Gasteiger partial charge in [-0.3, -0.25) is 4.79 Å². The van der Waals surface area contributed by atoms with Crippen LogP contribution < -0.4 is 5.32 Å². The van der Waals surface area contributed by atoms with Crippen LogP contribution in [0.5, 0.6) is 0 Å². The highest BCUT2D eigenvalue weighted by molar-refractivity contribution is 6.37. The molecule has 0 aliphatic heterocycles. The predicted molar refractivity (Wildman–Crippen MR) is 74.9 cm³/mol. The van der Waals surface area contributed by atoms with Gasteiger partial charge in [0.25, 0.3) is 0 Å². The van der Waals surface area contributed by atoms with Gasteiger partial charge in [0.05, 0.1) is 6.61 Å². The van der Waals surface area contributed by atoms with Crippen molar-refractivity contribution in [3.05, 3.63) is 29.8 Å². The molecular formula is C15H21NO3. The Morgan fingerprint density at radius 3 is 2.37 bits per heavy atom. The number of aryl methyl sites for hydroxylation is 1. The number of unbranched alkanes of at least 4 members (excludes halogenated alkanes) is 2. The van der Waals surface area contributed by atoms with Crippen LogP contribution in [0.4, 0.5) is 5.69 Å². The van der Waals surface area contributed by atoms with Crippen LogP contribution in [0.1, 0.15) is 38.7 Å². The molecule has 0 atom stereocenters. The summed E-state index contributed by atoms with van der Waals surface area (Å²) in [6.45, 7) is 4.42. The van der Waals surface area contributed by atoms with Crippen molar-refractivity contribution in [3.63, 3.8) is 0 Å². The molecule has 19 heavy (non-hydrogen) atoms. The molecule has 0 spiro atoms. The van der Waals surface area contributed by atoms with Gasteiger partial charge in [-0.25, -0.2) is 4.79 Å². The Kier molecular flexibility index (Phi) is 6.64. The Hall–Kier alpha value is -1.84. The van der Waals surface area contributed by atoms with Crippen molar-refractivity contribution >= 4 is 17.6 Å². The van der Waals surface area contributed by atoms with E-state index in [-0.39, 0.29) is 0 Å². The maximum atomic E-state index is 11.5. The highest BCUT2D eigenvalue weighted by atomic mass is 16.5. The summed E-state index contributed by atoms with van der Waals surface area (Å²) in [6.07, 6.45) is 3.77. The largest absolute Gasteiger partial charge is 0.459 e. The molecule has 1 aromatic rings. The van der Waals surface area contributed by atoms with Crippen LogP contribution in [0.15, 0.2) is 24.3 Å². The van der Waals surface area contributed by atoms with Crippen LogP contribution >= 0.6 is 0 Å². The third-order valence-corrected chi connectivity index (χ3v) is 2.79. The van der Waals surface area contributed by atoms with Crippen LogP contribution in [0, 0.1) is 0 Å². The lowest BCUT2D eigenvalue weighted by Crippen LogP contribution is -2.25. The van der Waals surface area contributed by atoms with E-state index in [0.29, 0.717) is 12.3 Å². The van der Waals surface area contributed by atoms with E-state index < -0.39 is 11.9 Å². The van der Waals surface area contributed by atoms with Gasteiger partial charge in [0.1, 0.15) is 0 Å². The minimum absolute atomic E-state index is 0.300. The van der Waals surface area contributed by atoms with Crippen LogP contribution in [-0.4, -0.2) is 18.5 Å². The summed E-state index contributed by atoms with van der Waals surface area (Å²) in [5.41, 5.74) is 1.79. The molecule has 1 aromatic carbocycles. The number of anilines is 1. The number of esters is 1. The van der Waals surface area contributed by atoms with Crippen molar-refractivity contribution in [1.82, 2.24) is 0 Å². The number of hydrogen-bond acceptors (Lipinski definition) is 3. The summed E-state index contributed by atoms with van der Waals surface area (Å²) in [7, 11) is 0. The average molecular weight is 263 g/mol. The Morgan fingerprint density at radius 1 is 1.11 bits per heavy atom. The van der Waals surface area contributed by atoms with Gasteiger partial charge in [-0.05, 0) is 30.5 Å². The monoisotopic (exact) mass is 263 g/mol. The van der Waals surface area contributed by atoms with Crippen LogP contribution in [0.2, 0.25) is 0 Å². The maximum Gasteiger partial charge on any atom is 0.397 e. The van der Waals surface area contributed by atoms with E-state index in [9.17, 15) is 9.59 Å². The van der Waals surface area contributed by atoms with Crippen LogP contribution in [0.3, 0.4) is 0 Å². The minimum atomic E-state index is -0.823. The van der Waals surface area contributed by atoms with E-state index in [1.165, 1.54) is 5.56 Å². The number of benzene rings is 1. The normalized spacial score (nSPS) is 10.0. The van der Waals surface area contributed by atoms with Crippen LogP contribution in [0.25, 0.3) is 0 Å². The fourth-order valence-electron chi connectivity index (χ4n) is 1.59. The molecule has 1 amide bonds. The van der Waals surface area contributed by atoms with Gasteiger partial charge in [-0.15, -0.1) is 0 Å². The molecule has 104 valence electrons. The first-order valence-electron chi connectivity index (χ1n) is 6.74. The zero-order valence-electron chi connectivity index (χ0n) is 11.6. The summed E-state index contributed by atoms with van der Waals surface area (Å²) in [4.78, 5) is 22.9. The van der Waals surface area contributed by atoms with Crippen LogP contribution in [-0.2, 0) is 20.7 Å². The highest BCUT2D eigenvalue weighted by Crippen LogP contribution is 2.10. The first-order chi connectivity index (χ1) is 9.17. The zero-order valence-corrected chi connectivity index (χ0v) is 11.6. The summed E-state index contributed by atoms with van der Waals surface area (Å²) in [5, 5.41) is 2.52. The summed E-state index contributed by atoms with van der Waals surface area (Å²) in [6, 6.07) is 7.40. The number of ether oxygens (including phenoxy) is 1. The van der Waals surface area contributed by atoms with E-state index in [1.54, 1.807) is 12.1 Å². The molecule has 4 nitrogen and oxygen atoms in total. The quantitative estimate of drug-likeness (QED) is 0.488. The number of nitrogens with one attached hydrogen (secondary N) is 1. The Bertz CT molecular complexity index is 412. The molecule has 0 unspecified atom stereocenters. The second-order valence-corrected chi connectivity index (χ2v) is 4.35. The van der Waals surface area contributed by atoms with E-state index in [0.717, 1.165) is 25.7 Å². The molecule has 0 saturated carbocycles. The standard InChI is InChI=1S/C15H21NO3/c1-3-5-6-11-19-15(18)14(17)16-13-9-7-12(4-2)8-10-13/h7-10H,3-6,11H2,1-2H3,(H,16,17). The lowest BCUT2D eigenvalue weighted by Gasteiger charge is -2.06. The average Bonchev–Trinajstić information content (AvgIpc) is 2.44. The predicted octanol–water partition coefficient (Wildman–Crippen LogP) is 2.92. The van der Waals surface area contributed by atoms with E-state index in [2.05, 4.69) is 19.2 Å². The molecule has 4 heteroatoms. The zero-order chi connectivity index (χ0) is 14.1. The first-order valence-corrected chi connectivity index (χ1v) is 6.74. The van der Waals surface area contributed by atoms with Crippen molar-refractivity contribution in [3.8, 4) is 0 Å². The SMILES string of the molecule is CCCCCOC(=O)C(=O)Nc1ccc(CC)cc1. The second kappa shape index (κ2) is 8.29. The van der Waals surface area contributed by atoms with Gasteiger partial charge in [-0.1, -0.05) is 38.8 Å². The van der Waals surface area contributed by atoms with E-state index in [1.807, 2.05) is 12.1 Å². The van der Waals surface area contributed by atoms with Gasteiger partial charge in [-0.2, -0.15) is 0 Å². The van der Waals surface area contributed by atoms with Gasteiger partial charge in [0.2, 0.25) is 0 Å². The third-order valence-electron chi connectivity index (χ3n) is 2.79. The molecule has 0 heterocycles. The molecule has 0 aliphatic rings. The fraction of sp³-hybridized carbons (Fsp3) is 0.467.